The van der Waals surface area contributed by atoms with Crippen LogP contribution < -0.4 is 4.90 Å². The van der Waals surface area contributed by atoms with E-state index in [1.165, 1.54) is 0 Å². The molecule has 0 N–H and O–H groups in total. The van der Waals surface area contributed by atoms with E-state index in [1.807, 2.05) is 32.6 Å². The maximum atomic E-state index is 8.85. The van der Waals surface area contributed by atoms with Gasteiger partial charge in [-0.05, 0) is 27.7 Å². The number of rotatable bonds is 4. The molecule has 1 rings (SSSR count). The second-order valence-corrected chi connectivity index (χ2v) is 4.44. The van der Waals surface area contributed by atoms with Crippen molar-refractivity contribution in [2.24, 2.45) is 5.92 Å². The van der Waals surface area contributed by atoms with Crippen LogP contribution in [0, 0.1) is 31.1 Å². The minimum atomic E-state index is -0.0607. The van der Waals surface area contributed by atoms with Crippen molar-refractivity contribution in [3.05, 3.63) is 16.5 Å². The van der Waals surface area contributed by atoms with E-state index < -0.39 is 0 Å². The lowest BCUT2D eigenvalue weighted by atomic mass is 10.2. The second-order valence-electron chi connectivity index (χ2n) is 4.08. The summed E-state index contributed by atoms with van der Waals surface area (Å²) in [6, 6.07) is 2.21. The molecule has 0 spiro atoms. The number of aryl methyl sites for hydroxylation is 2. The topological polar surface area (TPSA) is 52.8 Å². The summed E-state index contributed by atoms with van der Waals surface area (Å²) in [6.45, 7) is 9.05. The van der Waals surface area contributed by atoms with Gasteiger partial charge < -0.3 is 4.90 Å². The zero-order valence-corrected chi connectivity index (χ0v) is 11.4. The Kier molecular flexibility index (Phi) is 4.71. The van der Waals surface area contributed by atoms with Crippen molar-refractivity contribution in [3.8, 4) is 6.07 Å². The molecule has 0 radical (unpaired) electrons. The lowest BCUT2D eigenvalue weighted by molar-refractivity contribution is 0.676. The molecule has 5 heteroatoms. The number of hydrogen-bond donors (Lipinski definition) is 0. The fourth-order valence-electron chi connectivity index (χ4n) is 1.50. The molecular weight excluding hydrogens is 236 g/mol. The van der Waals surface area contributed by atoms with Gasteiger partial charge in [0.15, 0.2) is 11.0 Å². The van der Waals surface area contributed by atoms with Crippen LogP contribution in [-0.2, 0) is 0 Å². The van der Waals surface area contributed by atoms with Gasteiger partial charge in [-0.3, -0.25) is 0 Å². The highest BCUT2D eigenvalue weighted by atomic mass is 35.5. The summed E-state index contributed by atoms with van der Waals surface area (Å²) < 4.78 is 0. The minimum absolute atomic E-state index is 0.0607. The molecule has 0 aliphatic carbocycles. The van der Waals surface area contributed by atoms with E-state index in [9.17, 15) is 0 Å². The van der Waals surface area contributed by atoms with E-state index in [4.69, 9.17) is 16.9 Å². The zero-order chi connectivity index (χ0) is 13.0. The third kappa shape index (κ3) is 3.31. The van der Waals surface area contributed by atoms with Crippen LogP contribution in [0.3, 0.4) is 0 Å². The fraction of sp³-hybridized carbons (Fsp3) is 0.583. The van der Waals surface area contributed by atoms with Crippen LogP contribution in [0.2, 0.25) is 5.15 Å². The van der Waals surface area contributed by atoms with Crippen LogP contribution in [0.1, 0.15) is 25.2 Å². The summed E-state index contributed by atoms with van der Waals surface area (Å²) >= 11 is 6.10. The molecule has 4 nitrogen and oxygen atoms in total. The Balaban J connectivity index is 3.04. The molecular formula is C12H17ClN4. The highest BCUT2D eigenvalue weighted by Crippen LogP contribution is 2.23. The van der Waals surface area contributed by atoms with Gasteiger partial charge in [-0.2, -0.15) is 5.26 Å². The summed E-state index contributed by atoms with van der Waals surface area (Å²) in [4.78, 5) is 10.7. The molecule has 1 atom stereocenters. The fourth-order valence-corrected chi connectivity index (χ4v) is 1.79. The summed E-state index contributed by atoms with van der Waals surface area (Å²) in [5.41, 5.74) is 1.70. The number of aromatic nitrogens is 2. The molecule has 1 aromatic heterocycles. The molecule has 0 saturated heterocycles. The van der Waals surface area contributed by atoms with E-state index in [2.05, 4.69) is 16.0 Å². The molecule has 0 fully saturated rings. The molecule has 0 amide bonds. The van der Waals surface area contributed by atoms with Crippen molar-refractivity contribution < 1.29 is 0 Å². The maximum Gasteiger partial charge on any atom is 0.171 e. The molecule has 92 valence electrons. The maximum absolute atomic E-state index is 8.85. The van der Waals surface area contributed by atoms with Crippen molar-refractivity contribution in [2.45, 2.75) is 27.7 Å². The third-order valence-corrected chi connectivity index (χ3v) is 2.90. The van der Waals surface area contributed by atoms with Crippen molar-refractivity contribution in [3.63, 3.8) is 0 Å². The minimum Gasteiger partial charge on any atom is -0.353 e. The lowest BCUT2D eigenvalue weighted by Crippen LogP contribution is -2.29. The largest absolute Gasteiger partial charge is 0.353 e. The first-order chi connectivity index (χ1) is 7.99. The van der Waals surface area contributed by atoms with E-state index in [0.29, 0.717) is 17.5 Å². The zero-order valence-electron chi connectivity index (χ0n) is 10.7. The van der Waals surface area contributed by atoms with E-state index in [0.717, 1.165) is 17.9 Å². The van der Waals surface area contributed by atoms with Crippen molar-refractivity contribution in [1.82, 2.24) is 9.97 Å². The Morgan fingerprint density at radius 3 is 2.47 bits per heavy atom. The first-order valence-electron chi connectivity index (χ1n) is 5.64. The average molecular weight is 253 g/mol. The van der Waals surface area contributed by atoms with Gasteiger partial charge in [0.2, 0.25) is 0 Å². The van der Waals surface area contributed by atoms with Gasteiger partial charge >= 0.3 is 0 Å². The van der Waals surface area contributed by atoms with Crippen molar-refractivity contribution >= 4 is 17.4 Å². The van der Waals surface area contributed by atoms with Gasteiger partial charge in [0.05, 0.1) is 23.4 Å². The van der Waals surface area contributed by atoms with Gasteiger partial charge in [0.25, 0.3) is 0 Å². The number of nitriles is 1. The van der Waals surface area contributed by atoms with Crippen LogP contribution >= 0.6 is 11.6 Å². The molecule has 1 aromatic rings. The Hall–Kier alpha value is -1.34. The summed E-state index contributed by atoms with van der Waals surface area (Å²) in [5.74, 6) is 0.605. The standard InChI is InChI=1S/C12H17ClN4/c1-5-17(7-8(2)6-14)12-11(13)15-9(3)10(4)16-12/h8H,5,7H2,1-4H3. The molecule has 0 bridgehead atoms. The van der Waals surface area contributed by atoms with Crippen LogP contribution in [0.15, 0.2) is 0 Å². The molecule has 17 heavy (non-hydrogen) atoms. The molecule has 1 heterocycles. The Bertz CT molecular complexity index is 439. The quantitative estimate of drug-likeness (QED) is 0.827. The normalized spacial score (nSPS) is 12.0. The third-order valence-electron chi connectivity index (χ3n) is 2.64. The molecule has 1 unspecified atom stereocenters. The SMILES string of the molecule is CCN(CC(C)C#N)c1nc(C)c(C)nc1Cl. The van der Waals surface area contributed by atoms with Crippen molar-refractivity contribution in [2.75, 3.05) is 18.0 Å². The second kappa shape index (κ2) is 5.83. The van der Waals surface area contributed by atoms with Gasteiger partial charge in [-0.15, -0.1) is 0 Å². The molecule has 0 aliphatic heterocycles. The van der Waals surface area contributed by atoms with Gasteiger partial charge in [-0.25, -0.2) is 9.97 Å². The summed E-state index contributed by atoms with van der Waals surface area (Å²) in [6.07, 6.45) is 0. The number of hydrogen-bond acceptors (Lipinski definition) is 4. The average Bonchev–Trinajstić information content (AvgIpc) is 2.30. The monoisotopic (exact) mass is 252 g/mol. The Labute approximate surface area is 107 Å². The van der Waals surface area contributed by atoms with Crippen LogP contribution in [-0.4, -0.2) is 23.1 Å². The van der Waals surface area contributed by atoms with Crippen molar-refractivity contribution in [1.29, 1.82) is 5.26 Å². The molecule has 0 aromatic carbocycles. The number of halogens is 1. The Morgan fingerprint density at radius 2 is 1.94 bits per heavy atom. The predicted molar refractivity (Wildman–Crippen MR) is 69.2 cm³/mol. The molecule has 0 saturated carbocycles. The van der Waals surface area contributed by atoms with E-state index in [1.54, 1.807) is 0 Å². The lowest BCUT2D eigenvalue weighted by Gasteiger charge is -2.24. The predicted octanol–water partition coefficient (Wildman–Crippen LogP) is 2.73. The molecule has 0 aliphatic rings. The first kappa shape index (κ1) is 13.7. The van der Waals surface area contributed by atoms with E-state index in [-0.39, 0.29) is 5.92 Å². The Morgan fingerprint density at radius 1 is 1.35 bits per heavy atom. The first-order valence-corrected chi connectivity index (χ1v) is 6.02. The summed E-state index contributed by atoms with van der Waals surface area (Å²) in [5, 5.41) is 9.25. The van der Waals surface area contributed by atoms with E-state index >= 15 is 0 Å². The highest BCUT2D eigenvalue weighted by Gasteiger charge is 2.15. The van der Waals surface area contributed by atoms with Crippen LogP contribution in [0.25, 0.3) is 0 Å². The van der Waals surface area contributed by atoms with Crippen LogP contribution in [0.5, 0.6) is 0 Å². The number of anilines is 1. The van der Waals surface area contributed by atoms with Crippen LogP contribution in [0.4, 0.5) is 5.82 Å². The van der Waals surface area contributed by atoms with Gasteiger partial charge in [0.1, 0.15) is 0 Å². The highest BCUT2D eigenvalue weighted by molar-refractivity contribution is 6.31. The number of nitrogens with zero attached hydrogens (tertiary/aromatic N) is 4. The van der Waals surface area contributed by atoms with Gasteiger partial charge in [0, 0.05) is 13.1 Å². The smallest absolute Gasteiger partial charge is 0.171 e. The summed E-state index contributed by atoms with van der Waals surface area (Å²) in [7, 11) is 0. The van der Waals surface area contributed by atoms with Gasteiger partial charge in [-0.1, -0.05) is 11.6 Å².